The van der Waals surface area contributed by atoms with Gasteiger partial charge in [0.05, 0.1) is 5.60 Å². The van der Waals surface area contributed by atoms with E-state index in [1.54, 1.807) is 0 Å². The van der Waals surface area contributed by atoms with Crippen LogP contribution in [0.3, 0.4) is 0 Å². The molecule has 0 bridgehead atoms. The number of nitrogens with zero attached hydrogens (tertiary/aromatic N) is 1. The smallest absolute Gasteiger partial charge is 0.0697 e. The molecule has 2 saturated carbocycles. The molecule has 2 aliphatic carbocycles. The second-order valence-electron chi connectivity index (χ2n) is 6.78. The van der Waals surface area contributed by atoms with Crippen LogP contribution >= 0.6 is 0 Å². The zero-order valence-electron chi connectivity index (χ0n) is 12.1. The number of rotatable bonds is 5. The van der Waals surface area contributed by atoms with E-state index in [0.29, 0.717) is 12.6 Å². The molecule has 1 heterocycles. The van der Waals surface area contributed by atoms with Crippen LogP contribution in [0.4, 0.5) is 0 Å². The van der Waals surface area contributed by atoms with Crippen LogP contribution in [0.25, 0.3) is 0 Å². The van der Waals surface area contributed by atoms with Crippen molar-refractivity contribution in [2.24, 2.45) is 0 Å². The number of hydrogen-bond donors (Lipinski definition) is 1. The average molecular weight is 267 g/mol. The predicted molar refractivity (Wildman–Crippen MR) is 76.2 cm³/mol. The molecule has 3 rings (SSSR count). The van der Waals surface area contributed by atoms with Crippen molar-refractivity contribution < 1.29 is 9.84 Å². The quantitative estimate of drug-likeness (QED) is 0.831. The lowest BCUT2D eigenvalue weighted by Gasteiger charge is -2.48. The molecule has 1 atom stereocenters. The van der Waals surface area contributed by atoms with Gasteiger partial charge in [-0.1, -0.05) is 19.3 Å². The molecule has 1 unspecified atom stereocenters. The second-order valence-corrected chi connectivity index (χ2v) is 6.78. The third-order valence-electron chi connectivity index (χ3n) is 5.57. The Kier molecular flexibility index (Phi) is 4.45. The van der Waals surface area contributed by atoms with E-state index in [4.69, 9.17) is 9.84 Å². The molecule has 3 fully saturated rings. The Morgan fingerprint density at radius 1 is 1.05 bits per heavy atom. The van der Waals surface area contributed by atoms with Crippen molar-refractivity contribution in [2.45, 2.75) is 81.9 Å². The third kappa shape index (κ3) is 2.98. The molecule has 3 aliphatic rings. The highest BCUT2D eigenvalue weighted by Gasteiger charge is 2.43. The Morgan fingerprint density at radius 2 is 1.84 bits per heavy atom. The summed E-state index contributed by atoms with van der Waals surface area (Å²) in [6.07, 6.45) is 12.8. The van der Waals surface area contributed by atoms with Gasteiger partial charge in [-0.2, -0.15) is 0 Å². The van der Waals surface area contributed by atoms with Gasteiger partial charge >= 0.3 is 0 Å². The van der Waals surface area contributed by atoms with Gasteiger partial charge in [-0.25, -0.2) is 0 Å². The Morgan fingerprint density at radius 3 is 2.47 bits per heavy atom. The van der Waals surface area contributed by atoms with E-state index < -0.39 is 0 Å². The fourth-order valence-corrected chi connectivity index (χ4v) is 4.29. The van der Waals surface area contributed by atoms with Gasteiger partial charge in [0, 0.05) is 31.8 Å². The summed E-state index contributed by atoms with van der Waals surface area (Å²) in [7, 11) is 0. The van der Waals surface area contributed by atoms with Gasteiger partial charge in [0.25, 0.3) is 0 Å². The van der Waals surface area contributed by atoms with Crippen LogP contribution in [0.5, 0.6) is 0 Å². The molecule has 1 saturated heterocycles. The van der Waals surface area contributed by atoms with Gasteiger partial charge in [-0.3, -0.25) is 4.90 Å². The first-order valence-corrected chi connectivity index (χ1v) is 8.34. The lowest BCUT2D eigenvalue weighted by Crippen LogP contribution is -2.53. The summed E-state index contributed by atoms with van der Waals surface area (Å²) >= 11 is 0. The van der Waals surface area contributed by atoms with Crippen molar-refractivity contribution in [3.8, 4) is 0 Å². The first-order chi connectivity index (χ1) is 9.33. The molecule has 1 N–H and O–H groups in total. The van der Waals surface area contributed by atoms with Crippen molar-refractivity contribution in [3.05, 3.63) is 0 Å². The monoisotopic (exact) mass is 267 g/mol. The van der Waals surface area contributed by atoms with Crippen LogP contribution in [0.15, 0.2) is 0 Å². The zero-order valence-corrected chi connectivity index (χ0v) is 12.1. The molecule has 110 valence electrons. The molecular weight excluding hydrogens is 238 g/mol. The molecule has 0 radical (unpaired) electrons. The predicted octanol–water partition coefficient (Wildman–Crippen LogP) is 2.72. The van der Waals surface area contributed by atoms with Gasteiger partial charge < -0.3 is 9.84 Å². The van der Waals surface area contributed by atoms with Crippen molar-refractivity contribution in [3.63, 3.8) is 0 Å². The largest absolute Gasteiger partial charge is 0.396 e. The maximum Gasteiger partial charge on any atom is 0.0697 e. The number of aliphatic hydroxyl groups is 1. The number of aliphatic hydroxyl groups excluding tert-OH is 1. The van der Waals surface area contributed by atoms with Crippen LogP contribution in [-0.2, 0) is 4.74 Å². The molecule has 1 spiro atoms. The first-order valence-electron chi connectivity index (χ1n) is 8.34. The van der Waals surface area contributed by atoms with Crippen LogP contribution in [0.1, 0.15) is 64.2 Å². The lowest BCUT2D eigenvalue weighted by atomic mass is 9.84. The maximum atomic E-state index is 9.14. The summed E-state index contributed by atoms with van der Waals surface area (Å²) < 4.78 is 6.17. The fraction of sp³-hybridized carbons (Fsp3) is 1.00. The topological polar surface area (TPSA) is 32.7 Å². The van der Waals surface area contributed by atoms with Gasteiger partial charge in [0.2, 0.25) is 0 Å². The fourth-order valence-electron chi connectivity index (χ4n) is 4.29. The lowest BCUT2D eigenvalue weighted by molar-refractivity contribution is -0.111. The molecule has 19 heavy (non-hydrogen) atoms. The first kappa shape index (κ1) is 13.8. The molecule has 3 heteroatoms. The van der Waals surface area contributed by atoms with Gasteiger partial charge in [0.1, 0.15) is 0 Å². The minimum Gasteiger partial charge on any atom is -0.396 e. The van der Waals surface area contributed by atoms with E-state index in [1.165, 1.54) is 57.8 Å². The Balaban J connectivity index is 1.63. The average Bonchev–Trinajstić information content (AvgIpc) is 2.80. The molecule has 0 aromatic carbocycles. The van der Waals surface area contributed by atoms with E-state index >= 15 is 0 Å². The van der Waals surface area contributed by atoms with E-state index in [9.17, 15) is 0 Å². The summed E-state index contributed by atoms with van der Waals surface area (Å²) in [6.45, 7) is 2.37. The Hall–Kier alpha value is -0.120. The molecule has 1 aliphatic heterocycles. The Labute approximate surface area is 117 Å². The molecule has 0 amide bonds. The SMILES string of the molecule is OCCCN(C1CCC1)C1CCOC2(CCCC2)C1. The van der Waals surface area contributed by atoms with Gasteiger partial charge in [-0.05, 0) is 44.9 Å². The van der Waals surface area contributed by atoms with E-state index in [1.807, 2.05) is 0 Å². The van der Waals surface area contributed by atoms with Gasteiger partial charge in [-0.15, -0.1) is 0 Å². The third-order valence-corrected chi connectivity index (χ3v) is 5.57. The van der Waals surface area contributed by atoms with Crippen LogP contribution in [0, 0.1) is 0 Å². The summed E-state index contributed by atoms with van der Waals surface area (Å²) in [5.41, 5.74) is 0.226. The van der Waals surface area contributed by atoms with Crippen molar-refractivity contribution in [1.82, 2.24) is 4.90 Å². The van der Waals surface area contributed by atoms with Crippen LogP contribution in [-0.4, -0.2) is 47.4 Å². The van der Waals surface area contributed by atoms with E-state index in [0.717, 1.165) is 25.6 Å². The maximum absolute atomic E-state index is 9.14. The highest BCUT2D eigenvalue weighted by molar-refractivity contribution is 4.96. The highest BCUT2D eigenvalue weighted by Crippen LogP contribution is 2.42. The standard InChI is InChI=1S/C16H29NO2/c18-11-4-10-17(14-5-3-6-14)15-7-12-19-16(13-15)8-1-2-9-16/h14-15,18H,1-13H2. The van der Waals surface area contributed by atoms with Crippen LogP contribution in [0.2, 0.25) is 0 Å². The summed E-state index contributed by atoms with van der Waals surface area (Å²) in [5.74, 6) is 0. The molecular formula is C16H29NO2. The highest BCUT2D eigenvalue weighted by atomic mass is 16.5. The minimum atomic E-state index is 0.226. The van der Waals surface area contributed by atoms with E-state index in [2.05, 4.69) is 4.90 Å². The molecule has 0 aromatic heterocycles. The molecule has 0 aromatic rings. The normalized spacial score (nSPS) is 30.9. The summed E-state index contributed by atoms with van der Waals surface area (Å²) in [5, 5.41) is 9.14. The van der Waals surface area contributed by atoms with Gasteiger partial charge in [0.15, 0.2) is 0 Å². The van der Waals surface area contributed by atoms with E-state index in [-0.39, 0.29) is 5.60 Å². The van der Waals surface area contributed by atoms with Crippen molar-refractivity contribution in [2.75, 3.05) is 19.8 Å². The zero-order chi connectivity index (χ0) is 13.1. The molecule has 3 nitrogen and oxygen atoms in total. The van der Waals surface area contributed by atoms with Crippen molar-refractivity contribution in [1.29, 1.82) is 0 Å². The number of hydrogen-bond acceptors (Lipinski definition) is 3. The minimum absolute atomic E-state index is 0.226. The summed E-state index contributed by atoms with van der Waals surface area (Å²) in [6, 6.07) is 1.51. The second kappa shape index (κ2) is 6.11. The van der Waals surface area contributed by atoms with Crippen molar-refractivity contribution >= 4 is 0 Å². The summed E-state index contributed by atoms with van der Waals surface area (Å²) in [4.78, 5) is 2.72. The number of ether oxygens (including phenoxy) is 1. The van der Waals surface area contributed by atoms with Crippen LogP contribution < -0.4 is 0 Å². The Bertz CT molecular complexity index is 284.